The summed E-state index contributed by atoms with van der Waals surface area (Å²) in [6, 6.07) is 21.1. The number of esters is 1. The smallest absolute Gasteiger partial charge is 0.332 e. The van der Waals surface area contributed by atoms with Gasteiger partial charge in [0.25, 0.3) is 8.32 Å². The van der Waals surface area contributed by atoms with Crippen molar-refractivity contribution < 1.29 is 23.4 Å². The lowest BCUT2D eigenvalue weighted by atomic mass is 10.2. The van der Waals surface area contributed by atoms with E-state index in [2.05, 4.69) is 69.3 Å². The van der Waals surface area contributed by atoms with Gasteiger partial charge in [0.05, 0.1) is 26.4 Å². The second-order valence-electron chi connectivity index (χ2n) is 9.76. The van der Waals surface area contributed by atoms with Crippen LogP contribution >= 0.6 is 0 Å². The third-order valence-corrected chi connectivity index (χ3v) is 10.0. The predicted octanol–water partition coefficient (Wildman–Crippen LogP) is 3.94. The van der Waals surface area contributed by atoms with Crippen molar-refractivity contribution in [3.05, 3.63) is 60.7 Å². The van der Waals surface area contributed by atoms with Crippen LogP contribution < -0.4 is 10.4 Å². The third kappa shape index (κ3) is 7.55. The Labute approximate surface area is 194 Å². The highest BCUT2D eigenvalue weighted by atomic mass is 28.4. The van der Waals surface area contributed by atoms with Gasteiger partial charge in [0.15, 0.2) is 0 Å². The lowest BCUT2D eigenvalue weighted by molar-refractivity contribution is -0.160. The van der Waals surface area contributed by atoms with Gasteiger partial charge in [0, 0.05) is 0 Å². The molecule has 0 fully saturated rings. The molecule has 2 rings (SSSR count). The molecule has 2 aromatic rings. The van der Waals surface area contributed by atoms with Gasteiger partial charge in [-0.25, -0.2) is 4.79 Å². The molecule has 0 aliphatic carbocycles. The number of rotatable bonds is 11. The second kappa shape index (κ2) is 11.7. The van der Waals surface area contributed by atoms with E-state index in [4.69, 9.17) is 18.6 Å². The monoisotopic (exact) mass is 458 g/mol. The van der Waals surface area contributed by atoms with E-state index < -0.39 is 13.9 Å². The fraction of sp³-hybridized carbons (Fsp3) is 0.500. The Balaban J connectivity index is 1.93. The molecular formula is C26H38O5Si. The Bertz CT molecular complexity index is 770. The summed E-state index contributed by atoms with van der Waals surface area (Å²) in [6.45, 7) is 13.9. The van der Waals surface area contributed by atoms with Crippen molar-refractivity contribution in [1.29, 1.82) is 0 Å². The maximum Gasteiger partial charge on any atom is 0.332 e. The molecule has 6 heteroatoms. The lowest BCUT2D eigenvalue weighted by Crippen LogP contribution is -2.66. The van der Waals surface area contributed by atoms with E-state index in [1.165, 1.54) is 10.4 Å². The Morgan fingerprint density at radius 3 is 1.66 bits per heavy atom. The lowest BCUT2D eigenvalue weighted by Gasteiger charge is -2.43. The quantitative estimate of drug-likeness (QED) is 0.290. The first kappa shape index (κ1) is 26.3. The summed E-state index contributed by atoms with van der Waals surface area (Å²) >= 11 is 0. The zero-order chi connectivity index (χ0) is 23.7. The average molecular weight is 459 g/mol. The Kier molecular flexibility index (Phi) is 9.64. The summed E-state index contributed by atoms with van der Waals surface area (Å²) in [5, 5.41) is 2.44. The van der Waals surface area contributed by atoms with Crippen molar-refractivity contribution in [1.82, 2.24) is 0 Å². The van der Waals surface area contributed by atoms with Crippen LogP contribution in [0.25, 0.3) is 0 Å². The van der Waals surface area contributed by atoms with Crippen LogP contribution in [0.2, 0.25) is 5.04 Å². The molecule has 0 radical (unpaired) electrons. The molecule has 0 aromatic heterocycles. The molecule has 5 nitrogen and oxygen atoms in total. The molecule has 0 atom stereocenters. The molecule has 0 N–H and O–H groups in total. The highest BCUT2D eigenvalue weighted by Gasteiger charge is 2.49. The van der Waals surface area contributed by atoms with Crippen molar-refractivity contribution >= 4 is 24.7 Å². The summed E-state index contributed by atoms with van der Waals surface area (Å²) in [5.41, 5.74) is -0.505. The van der Waals surface area contributed by atoms with Crippen LogP contribution in [0.4, 0.5) is 0 Å². The van der Waals surface area contributed by atoms with Gasteiger partial charge in [-0.15, -0.1) is 0 Å². The molecule has 2 aromatic carbocycles. The topological polar surface area (TPSA) is 54.0 Å². The van der Waals surface area contributed by atoms with Gasteiger partial charge in [0.1, 0.15) is 12.2 Å². The summed E-state index contributed by atoms with van der Waals surface area (Å²) < 4.78 is 23.0. The molecule has 0 spiro atoms. The molecule has 0 unspecified atom stereocenters. The number of carbonyl (C=O) groups excluding carboxylic acids is 1. The van der Waals surface area contributed by atoms with E-state index in [1.54, 1.807) is 0 Å². The minimum atomic E-state index is -2.53. The first-order valence-electron chi connectivity index (χ1n) is 11.2. The van der Waals surface area contributed by atoms with Gasteiger partial charge >= 0.3 is 5.97 Å². The summed E-state index contributed by atoms with van der Waals surface area (Å²) in [7, 11) is -2.53. The van der Waals surface area contributed by atoms with Gasteiger partial charge in [0.2, 0.25) is 0 Å². The predicted molar refractivity (Wildman–Crippen MR) is 131 cm³/mol. The minimum Gasteiger partial charge on any atom is -0.458 e. The summed E-state index contributed by atoms with van der Waals surface area (Å²) in [5.74, 6) is -0.368. The highest BCUT2D eigenvalue weighted by Crippen LogP contribution is 2.36. The highest BCUT2D eigenvalue weighted by molar-refractivity contribution is 6.99. The van der Waals surface area contributed by atoms with Crippen LogP contribution in [-0.4, -0.2) is 52.9 Å². The van der Waals surface area contributed by atoms with Gasteiger partial charge in [-0.3, -0.25) is 0 Å². The number of hydrogen-bond acceptors (Lipinski definition) is 5. The number of benzene rings is 2. The van der Waals surface area contributed by atoms with E-state index in [0.29, 0.717) is 26.4 Å². The van der Waals surface area contributed by atoms with E-state index in [-0.39, 0.29) is 17.6 Å². The normalized spacial score (nSPS) is 12.6. The third-order valence-electron chi connectivity index (χ3n) is 4.97. The maximum atomic E-state index is 11.7. The first-order valence-corrected chi connectivity index (χ1v) is 13.1. The Morgan fingerprint density at radius 1 is 0.719 bits per heavy atom. The number of hydrogen-bond donors (Lipinski definition) is 0. The summed E-state index contributed by atoms with van der Waals surface area (Å²) in [4.78, 5) is 11.7. The van der Waals surface area contributed by atoms with E-state index in [0.717, 1.165) is 0 Å². The maximum absolute atomic E-state index is 11.7. The number of carbonyl (C=O) groups is 1. The van der Waals surface area contributed by atoms with Crippen LogP contribution in [0.1, 0.15) is 41.5 Å². The van der Waals surface area contributed by atoms with Gasteiger partial charge in [-0.1, -0.05) is 81.4 Å². The molecule has 0 heterocycles. The van der Waals surface area contributed by atoms with Gasteiger partial charge < -0.3 is 18.6 Å². The van der Waals surface area contributed by atoms with Crippen LogP contribution in [0, 0.1) is 0 Å². The van der Waals surface area contributed by atoms with E-state index >= 15 is 0 Å². The molecule has 0 aliphatic rings. The van der Waals surface area contributed by atoms with Crippen LogP contribution in [0.15, 0.2) is 60.7 Å². The van der Waals surface area contributed by atoms with E-state index in [1.807, 2.05) is 32.9 Å². The van der Waals surface area contributed by atoms with E-state index in [9.17, 15) is 4.79 Å². The largest absolute Gasteiger partial charge is 0.458 e. The fourth-order valence-corrected chi connectivity index (χ4v) is 8.31. The van der Waals surface area contributed by atoms with Crippen LogP contribution in [-0.2, 0) is 23.4 Å². The average Bonchev–Trinajstić information content (AvgIpc) is 2.72. The summed E-state index contributed by atoms with van der Waals surface area (Å²) in [6.07, 6.45) is 0. The molecule has 0 saturated carbocycles. The van der Waals surface area contributed by atoms with Crippen molar-refractivity contribution in [2.45, 2.75) is 52.2 Å². The SMILES string of the molecule is CC(C)(C)OC(=O)COCCOCCO[Si](c1ccccc1)(c1ccccc1)C(C)(C)C. The molecule has 0 bridgehead atoms. The van der Waals surface area contributed by atoms with Crippen LogP contribution in [0.3, 0.4) is 0 Å². The molecule has 176 valence electrons. The van der Waals surface area contributed by atoms with Crippen molar-refractivity contribution in [3.63, 3.8) is 0 Å². The molecule has 0 saturated heterocycles. The molecule has 0 aliphatic heterocycles. The molecular weight excluding hydrogens is 420 g/mol. The Hall–Kier alpha value is -1.99. The Morgan fingerprint density at radius 2 is 1.19 bits per heavy atom. The second-order valence-corrected chi connectivity index (χ2v) is 14.1. The van der Waals surface area contributed by atoms with Crippen molar-refractivity contribution in [3.8, 4) is 0 Å². The molecule has 0 amide bonds. The van der Waals surface area contributed by atoms with Gasteiger partial charge in [-0.2, -0.15) is 0 Å². The molecule has 32 heavy (non-hydrogen) atoms. The minimum absolute atomic E-state index is 0.0633. The zero-order valence-corrected chi connectivity index (χ0v) is 21.4. The van der Waals surface area contributed by atoms with Gasteiger partial charge in [-0.05, 0) is 36.2 Å². The van der Waals surface area contributed by atoms with Crippen LogP contribution in [0.5, 0.6) is 0 Å². The van der Waals surface area contributed by atoms with Crippen molar-refractivity contribution in [2.75, 3.05) is 33.0 Å². The zero-order valence-electron chi connectivity index (χ0n) is 20.4. The van der Waals surface area contributed by atoms with Crippen molar-refractivity contribution in [2.24, 2.45) is 0 Å². The first-order chi connectivity index (χ1) is 15.1. The fourth-order valence-electron chi connectivity index (χ4n) is 3.76. The standard InChI is InChI=1S/C26H38O5Si/c1-25(2,3)31-24(27)21-29-18-17-28-19-20-30-32(26(4,5)6,22-13-9-7-10-14-22)23-15-11-8-12-16-23/h7-16H,17-21H2,1-6H3. The number of ether oxygens (including phenoxy) is 3.